The number of aliphatic imine (C=N–C) groups is 1. The van der Waals surface area contributed by atoms with Crippen LogP contribution in [0.25, 0.3) is 32.7 Å². The molecule has 0 bridgehead atoms. The molecule has 0 aromatic heterocycles. The van der Waals surface area contributed by atoms with Gasteiger partial charge in [-0.3, -0.25) is 24.2 Å². The van der Waals surface area contributed by atoms with Crippen molar-refractivity contribution in [3.63, 3.8) is 0 Å². The summed E-state index contributed by atoms with van der Waals surface area (Å²) in [5.41, 5.74) is 20.4. The van der Waals surface area contributed by atoms with Gasteiger partial charge in [0.15, 0.2) is 5.96 Å². The minimum atomic E-state index is -1.15. The first-order valence-electron chi connectivity index (χ1n) is 21.2. The van der Waals surface area contributed by atoms with E-state index in [0.29, 0.717) is 25.8 Å². The Labute approximate surface area is 392 Å². The van der Waals surface area contributed by atoms with Gasteiger partial charge >= 0.3 is 5.97 Å². The number of halogens is 2. The number of amides is 4. The molecule has 346 valence electrons. The number of esters is 1. The summed E-state index contributed by atoms with van der Waals surface area (Å²) >= 11 is 0. The van der Waals surface area contributed by atoms with Gasteiger partial charge < -0.3 is 43.2 Å². The van der Waals surface area contributed by atoms with Gasteiger partial charge in [0.25, 0.3) is 0 Å². The van der Waals surface area contributed by atoms with Gasteiger partial charge in [0.2, 0.25) is 23.6 Å². The first kappa shape index (κ1) is 52.9. The quantitative estimate of drug-likeness (QED) is 0.0109. The van der Waals surface area contributed by atoms with Gasteiger partial charge in [-0.05, 0) is 94.9 Å². The highest BCUT2D eigenvalue weighted by Gasteiger charge is 2.31. The number of ether oxygens (including phenoxy) is 1. The van der Waals surface area contributed by atoms with Crippen molar-refractivity contribution in [2.75, 3.05) is 13.1 Å². The summed E-state index contributed by atoms with van der Waals surface area (Å²) in [6.45, 7) is 5.57. The van der Waals surface area contributed by atoms with E-state index in [9.17, 15) is 24.0 Å². The van der Waals surface area contributed by atoms with E-state index in [4.69, 9.17) is 21.9 Å². The Morgan fingerprint density at radius 1 is 0.662 bits per heavy atom. The van der Waals surface area contributed by atoms with Crippen molar-refractivity contribution in [1.29, 1.82) is 0 Å². The van der Waals surface area contributed by atoms with Gasteiger partial charge in [0.1, 0.15) is 30.8 Å². The summed E-state index contributed by atoms with van der Waals surface area (Å²) in [5.74, 6) is -3.10. The summed E-state index contributed by atoms with van der Waals surface area (Å²) in [6.07, 6.45) is 3.34. The number of rotatable bonds is 23. The molecule has 0 unspecified atom stereocenters. The van der Waals surface area contributed by atoms with Crippen molar-refractivity contribution < 1.29 is 28.7 Å². The van der Waals surface area contributed by atoms with E-state index in [1.165, 1.54) is 18.4 Å². The molecule has 0 radical (unpaired) electrons. The van der Waals surface area contributed by atoms with Gasteiger partial charge in [0.05, 0.1) is 0 Å². The summed E-state index contributed by atoms with van der Waals surface area (Å²) in [4.78, 5) is 71.5. The van der Waals surface area contributed by atoms with Crippen LogP contribution in [0.3, 0.4) is 0 Å². The fourth-order valence-electron chi connectivity index (χ4n) is 7.36. The predicted molar refractivity (Wildman–Crippen MR) is 262 cm³/mol. The maximum atomic E-state index is 14.1. The third kappa shape index (κ3) is 15.9. The SMILES string of the molecule is C=CC[C@H](NC(=O)[C@@H](CCCN=C(N)N)NC(=O)[C@H](CCCCN)NC(=O)[C@H](Cc1ccc(-c2cc3ccccc3c3ccccc23)cc1)NC(C)=O)C(=O)OCc1ccccc1.Cl.Cl. The molecule has 5 aromatic carbocycles. The van der Waals surface area contributed by atoms with Crippen LogP contribution in [0.4, 0.5) is 0 Å². The van der Waals surface area contributed by atoms with E-state index in [1.807, 2.05) is 78.9 Å². The second-order valence-corrected chi connectivity index (χ2v) is 15.4. The van der Waals surface area contributed by atoms with Gasteiger partial charge in [-0.15, -0.1) is 31.4 Å². The molecule has 4 atom stereocenters. The van der Waals surface area contributed by atoms with E-state index in [-0.39, 0.29) is 69.6 Å². The molecular weight excluding hydrogens is 867 g/mol. The average Bonchev–Trinajstić information content (AvgIpc) is 3.28. The number of benzene rings is 5. The maximum Gasteiger partial charge on any atom is 0.329 e. The molecule has 16 heteroatoms. The van der Waals surface area contributed by atoms with E-state index < -0.39 is 53.8 Å². The lowest BCUT2D eigenvalue weighted by molar-refractivity contribution is -0.149. The number of carbonyl (C=O) groups is 5. The molecule has 0 aliphatic rings. The molecule has 5 rings (SSSR count). The van der Waals surface area contributed by atoms with Crippen LogP contribution < -0.4 is 38.5 Å². The molecule has 5 aromatic rings. The van der Waals surface area contributed by atoms with Crippen molar-refractivity contribution in [2.24, 2.45) is 22.2 Å². The largest absolute Gasteiger partial charge is 0.459 e. The van der Waals surface area contributed by atoms with E-state index in [1.54, 1.807) is 0 Å². The van der Waals surface area contributed by atoms with Crippen LogP contribution in [0.5, 0.6) is 0 Å². The Morgan fingerprint density at radius 3 is 1.85 bits per heavy atom. The van der Waals surface area contributed by atoms with Crippen molar-refractivity contribution >= 4 is 81.9 Å². The third-order valence-corrected chi connectivity index (χ3v) is 10.6. The topological polar surface area (TPSA) is 233 Å². The second-order valence-electron chi connectivity index (χ2n) is 15.4. The Morgan fingerprint density at radius 2 is 1.23 bits per heavy atom. The number of hydrogen-bond acceptors (Lipinski definition) is 8. The average molecular weight is 928 g/mol. The highest BCUT2D eigenvalue weighted by atomic mass is 35.5. The molecule has 0 saturated carbocycles. The Balaban J connectivity index is 0.00000561. The molecule has 0 fully saturated rings. The lowest BCUT2D eigenvalue weighted by Crippen LogP contribution is -2.58. The minimum absolute atomic E-state index is 0. The zero-order chi connectivity index (χ0) is 45.1. The van der Waals surface area contributed by atoms with Crippen LogP contribution in [-0.2, 0) is 41.7 Å². The molecular formula is C49H60Cl2N8O6. The number of guanidine groups is 1. The molecule has 4 amide bonds. The predicted octanol–water partition coefficient (Wildman–Crippen LogP) is 5.51. The first-order chi connectivity index (χ1) is 30.5. The fraction of sp³-hybridized carbons (Fsp3) is 0.306. The third-order valence-electron chi connectivity index (χ3n) is 10.6. The number of carbonyl (C=O) groups excluding carboxylic acids is 5. The first-order valence-corrected chi connectivity index (χ1v) is 21.2. The van der Waals surface area contributed by atoms with E-state index in [0.717, 1.165) is 38.4 Å². The smallest absolute Gasteiger partial charge is 0.329 e. The number of unbranched alkanes of at least 4 members (excludes halogenated alkanes) is 1. The second kappa shape index (κ2) is 27.0. The molecule has 0 heterocycles. The molecule has 10 N–H and O–H groups in total. The Kier molecular flexibility index (Phi) is 21.9. The molecule has 0 saturated heterocycles. The monoisotopic (exact) mass is 926 g/mol. The van der Waals surface area contributed by atoms with Crippen LogP contribution in [0.1, 0.15) is 56.6 Å². The van der Waals surface area contributed by atoms with Crippen LogP contribution in [0.15, 0.2) is 127 Å². The van der Waals surface area contributed by atoms with Crippen molar-refractivity contribution in [3.8, 4) is 11.1 Å². The van der Waals surface area contributed by atoms with Crippen LogP contribution in [0.2, 0.25) is 0 Å². The minimum Gasteiger partial charge on any atom is -0.459 e. The fourth-order valence-corrected chi connectivity index (χ4v) is 7.36. The maximum absolute atomic E-state index is 14.1. The lowest BCUT2D eigenvalue weighted by Gasteiger charge is -2.26. The summed E-state index contributed by atoms with van der Waals surface area (Å²) in [6, 6.07) is 31.3. The molecule has 0 spiro atoms. The normalized spacial score (nSPS) is 12.5. The standard InChI is InChI=1S/C49H58N8O6.2ClH/c1-3-14-43(48(62)63-31-34-15-5-4-6-16-34)57-46(60)42(22-13-28-53-49(51)52)55-45(59)41(21-11-12-27-50)56-47(61)44(54-32(2)58)29-33-23-25-35(26-24-33)40-30-36-17-7-8-18-37(36)38-19-9-10-20-39(38)40;;/h3-10,15-20,23-26,30,41-44H,1,11-14,21-22,27-29,31,50H2,2H3,(H,54,58)(H,55,59)(H,56,61)(H,57,60)(H4,51,52,53);2*1H/t41-,42+,43-,44-;;/m0../s1. The van der Waals surface area contributed by atoms with E-state index >= 15 is 0 Å². The lowest BCUT2D eigenvalue weighted by atomic mass is 9.92. The number of nitrogens with two attached hydrogens (primary N) is 3. The summed E-state index contributed by atoms with van der Waals surface area (Å²) in [5, 5.41) is 15.6. The zero-order valence-electron chi connectivity index (χ0n) is 36.5. The number of nitrogens with one attached hydrogen (secondary N) is 4. The summed E-state index contributed by atoms with van der Waals surface area (Å²) < 4.78 is 5.49. The number of nitrogens with zero attached hydrogens (tertiary/aromatic N) is 1. The summed E-state index contributed by atoms with van der Waals surface area (Å²) in [7, 11) is 0. The molecule has 14 nitrogen and oxygen atoms in total. The van der Waals surface area contributed by atoms with Gasteiger partial charge in [0, 0.05) is 19.9 Å². The number of fused-ring (bicyclic) bond motifs is 3. The Hall–Kier alpha value is -6.48. The zero-order valence-corrected chi connectivity index (χ0v) is 38.1. The molecule has 0 aliphatic heterocycles. The Bertz CT molecular complexity index is 2400. The van der Waals surface area contributed by atoms with Crippen molar-refractivity contribution in [3.05, 3.63) is 133 Å². The van der Waals surface area contributed by atoms with Gasteiger partial charge in [-0.1, -0.05) is 109 Å². The molecule has 65 heavy (non-hydrogen) atoms. The van der Waals surface area contributed by atoms with Gasteiger partial charge in [-0.2, -0.15) is 0 Å². The van der Waals surface area contributed by atoms with Crippen LogP contribution in [0, 0.1) is 0 Å². The van der Waals surface area contributed by atoms with E-state index in [2.05, 4.69) is 63.2 Å². The molecule has 0 aliphatic carbocycles. The van der Waals surface area contributed by atoms with Crippen molar-refractivity contribution in [1.82, 2.24) is 21.3 Å². The van der Waals surface area contributed by atoms with Gasteiger partial charge in [-0.25, -0.2) is 4.79 Å². The van der Waals surface area contributed by atoms with Crippen LogP contribution >= 0.6 is 24.8 Å². The van der Waals surface area contributed by atoms with Crippen molar-refractivity contribution in [2.45, 2.75) is 82.6 Å². The number of hydrogen-bond donors (Lipinski definition) is 7. The highest BCUT2D eigenvalue weighted by molar-refractivity contribution is 6.13. The van der Waals surface area contributed by atoms with Crippen LogP contribution in [-0.4, -0.2) is 72.8 Å². The highest BCUT2D eigenvalue weighted by Crippen LogP contribution is 2.35.